The first kappa shape index (κ1) is 9.49. The van der Waals surface area contributed by atoms with E-state index in [4.69, 9.17) is 9.39 Å². The molecule has 3 heteroatoms. The van der Waals surface area contributed by atoms with E-state index in [2.05, 4.69) is 12.1 Å². The summed E-state index contributed by atoms with van der Waals surface area (Å²) in [6, 6.07) is 15.9. The van der Waals surface area contributed by atoms with Crippen LogP contribution in [-0.4, -0.2) is 7.48 Å². The molecule has 0 amide bonds. The summed E-state index contributed by atoms with van der Waals surface area (Å²) in [7, 11) is 0.723. The molecule has 1 heterocycles. The van der Waals surface area contributed by atoms with Crippen molar-refractivity contribution in [2.24, 2.45) is 0 Å². The van der Waals surface area contributed by atoms with Crippen molar-refractivity contribution in [2.45, 2.75) is 6.61 Å². The molecule has 0 unspecified atom stereocenters. The van der Waals surface area contributed by atoms with Crippen LogP contribution in [0.15, 0.2) is 48.5 Å². The second-order valence-electron chi connectivity index (χ2n) is 3.84. The van der Waals surface area contributed by atoms with Gasteiger partial charge in [-0.3, -0.25) is 0 Å². The molecule has 1 aliphatic heterocycles. The van der Waals surface area contributed by atoms with Crippen molar-refractivity contribution < 1.29 is 9.39 Å². The van der Waals surface area contributed by atoms with E-state index in [1.54, 1.807) is 0 Å². The van der Waals surface area contributed by atoms with Gasteiger partial charge in [-0.15, -0.1) is 0 Å². The smallest absolute Gasteiger partial charge is 0.309 e. The molecule has 78 valence electrons. The van der Waals surface area contributed by atoms with Gasteiger partial charge in [0.25, 0.3) is 0 Å². The number of hydrogen-bond acceptors (Lipinski definition) is 2. The number of benzene rings is 2. The lowest BCUT2D eigenvalue weighted by molar-refractivity contribution is 0.344. The zero-order chi connectivity index (χ0) is 10.8. The second kappa shape index (κ2) is 4.03. The van der Waals surface area contributed by atoms with E-state index in [0.29, 0.717) is 6.61 Å². The molecule has 0 bridgehead atoms. The van der Waals surface area contributed by atoms with Gasteiger partial charge in [0, 0.05) is 0 Å². The molecule has 0 saturated heterocycles. The maximum absolute atomic E-state index is 5.75. The number of rotatable bonds is 2. The van der Waals surface area contributed by atoms with Crippen LogP contribution in [0.4, 0.5) is 0 Å². The number of hydrogen-bond donors (Lipinski definition) is 0. The quantitative estimate of drug-likeness (QED) is 0.705. The molecule has 3 rings (SSSR count). The van der Waals surface area contributed by atoms with Crippen molar-refractivity contribution >= 4 is 12.9 Å². The Morgan fingerprint density at radius 3 is 2.75 bits per heavy atom. The Balaban J connectivity index is 1.86. The van der Waals surface area contributed by atoms with Crippen molar-refractivity contribution in [2.75, 3.05) is 0 Å². The number of para-hydroxylation sites is 1. The largest absolute Gasteiger partial charge is 0.457 e. The molecule has 2 nitrogen and oxygen atoms in total. The molecule has 2 aromatic rings. The highest BCUT2D eigenvalue weighted by atomic mass is 16.5. The van der Waals surface area contributed by atoms with E-state index in [9.17, 15) is 0 Å². The fourth-order valence-corrected chi connectivity index (χ4v) is 1.84. The number of fused-ring (bicyclic) bond motifs is 1. The van der Waals surface area contributed by atoms with Crippen molar-refractivity contribution in [3.05, 3.63) is 54.1 Å². The Morgan fingerprint density at radius 1 is 1.00 bits per heavy atom. The van der Waals surface area contributed by atoms with Gasteiger partial charge in [-0.2, -0.15) is 0 Å². The summed E-state index contributed by atoms with van der Waals surface area (Å²) in [4.78, 5) is 0. The molecule has 0 radical (unpaired) electrons. The first-order valence-corrected chi connectivity index (χ1v) is 5.34. The lowest BCUT2D eigenvalue weighted by Gasteiger charge is -2.06. The minimum atomic E-state index is 0.696. The van der Waals surface area contributed by atoms with Gasteiger partial charge in [0.15, 0.2) is 0 Å². The summed E-state index contributed by atoms with van der Waals surface area (Å²) in [5, 5.41) is 0. The number of ether oxygens (including phenoxy) is 1. The third-order valence-electron chi connectivity index (χ3n) is 2.67. The highest BCUT2D eigenvalue weighted by Gasteiger charge is 2.13. The van der Waals surface area contributed by atoms with Gasteiger partial charge in [0.05, 0.1) is 6.61 Å². The van der Waals surface area contributed by atoms with Gasteiger partial charge >= 0.3 is 7.48 Å². The fraction of sp³-hybridized carbons (Fsp3) is 0.0769. The minimum Gasteiger partial charge on any atom is -0.457 e. The Bertz CT molecular complexity index is 497. The maximum atomic E-state index is 5.75. The molecule has 0 aliphatic carbocycles. The van der Waals surface area contributed by atoms with Crippen LogP contribution in [0.25, 0.3) is 0 Å². The zero-order valence-corrected chi connectivity index (χ0v) is 8.85. The first-order chi connectivity index (χ1) is 7.92. The van der Waals surface area contributed by atoms with Crippen LogP contribution in [0.3, 0.4) is 0 Å². The summed E-state index contributed by atoms with van der Waals surface area (Å²) < 4.78 is 11.1. The van der Waals surface area contributed by atoms with Gasteiger partial charge in [-0.25, -0.2) is 0 Å². The third kappa shape index (κ3) is 1.82. The molecule has 0 saturated carbocycles. The maximum Gasteiger partial charge on any atom is 0.309 e. The van der Waals surface area contributed by atoms with Crippen LogP contribution in [0.1, 0.15) is 5.56 Å². The summed E-state index contributed by atoms with van der Waals surface area (Å²) in [5.74, 6) is 1.73. The van der Waals surface area contributed by atoms with E-state index in [1.165, 1.54) is 11.0 Å². The molecule has 16 heavy (non-hydrogen) atoms. The molecular weight excluding hydrogens is 199 g/mol. The normalized spacial score (nSPS) is 13.0. The van der Waals surface area contributed by atoms with Crippen molar-refractivity contribution in [1.82, 2.24) is 0 Å². The van der Waals surface area contributed by atoms with Crippen LogP contribution >= 0.6 is 0 Å². The van der Waals surface area contributed by atoms with Crippen molar-refractivity contribution in [3.63, 3.8) is 0 Å². The van der Waals surface area contributed by atoms with Gasteiger partial charge in [0.2, 0.25) is 0 Å². The standard InChI is InChI=1S/C13H11BO2/c1-2-4-11(5-3-1)16-12-6-7-13-10(8-12)9-15-14-13/h1-8,14H,9H2. The minimum absolute atomic E-state index is 0.696. The van der Waals surface area contributed by atoms with E-state index >= 15 is 0 Å². The molecule has 0 spiro atoms. The lowest BCUT2D eigenvalue weighted by Crippen LogP contribution is -2.10. The topological polar surface area (TPSA) is 18.5 Å². The summed E-state index contributed by atoms with van der Waals surface area (Å²) >= 11 is 0. The molecule has 0 fully saturated rings. The Kier molecular flexibility index (Phi) is 2.39. The lowest BCUT2D eigenvalue weighted by atomic mass is 9.87. The third-order valence-corrected chi connectivity index (χ3v) is 2.67. The summed E-state index contributed by atoms with van der Waals surface area (Å²) in [5.41, 5.74) is 2.49. The highest BCUT2D eigenvalue weighted by Crippen LogP contribution is 2.22. The van der Waals surface area contributed by atoms with E-state index in [-0.39, 0.29) is 0 Å². The predicted octanol–water partition coefficient (Wildman–Crippen LogP) is 1.99. The van der Waals surface area contributed by atoms with Crippen LogP contribution in [-0.2, 0) is 11.3 Å². The molecule has 0 atom stereocenters. The zero-order valence-electron chi connectivity index (χ0n) is 8.85. The van der Waals surface area contributed by atoms with E-state index < -0.39 is 0 Å². The summed E-state index contributed by atoms with van der Waals surface area (Å²) in [6.45, 7) is 0.696. The van der Waals surface area contributed by atoms with Gasteiger partial charge in [-0.1, -0.05) is 24.3 Å². The first-order valence-electron chi connectivity index (χ1n) is 5.34. The van der Waals surface area contributed by atoms with Crippen LogP contribution in [0.2, 0.25) is 0 Å². The van der Waals surface area contributed by atoms with E-state index in [1.807, 2.05) is 36.4 Å². The van der Waals surface area contributed by atoms with Crippen molar-refractivity contribution in [1.29, 1.82) is 0 Å². The predicted molar refractivity (Wildman–Crippen MR) is 64.5 cm³/mol. The van der Waals surface area contributed by atoms with E-state index in [0.717, 1.165) is 19.0 Å². The van der Waals surface area contributed by atoms with Gasteiger partial charge in [-0.05, 0) is 35.3 Å². The van der Waals surface area contributed by atoms with Gasteiger partial charge < -0.3 is 9.39 Å². The SMILES string of the molecule is B1OCc2cc(Oc3ccccc3)ccc21. The Morgan fingerprint density at radius 2 is 1.88 bits per heavy atom. The van der Waals surface area contributed by atoms with Crippen LogP contribution in [0, 0.1) is 0 Å². The van der Waals surface area contributed by atoms with Crippen molar-refractivity contribution in [3.8, 4) is 11.5 Å². The Hall–Kier alpha value is -1.74. The Labute approximate surface area is 95.1 Å². The fourth-order valence-electron chi connectivity index (χ4n) is 1.84. The highest BCUT2D eigenvalue weighted by molar-refractivity contribution is 6.48. The average molecular weight is 210 g/mol. The van der Waals surface area contributed by atoms with Gasteiger partial charge in [0.1, 0.15) is 11.5 Å². The average Bonchev–Trinajstić information content (AvgIpc) is 2.77. The molecular formula is C13H11BO2. The second-order valence-corrected chi connectivity index (χ2v) is 3.84. The van der Waals surface area contributed by atoms with Crippen LogP contribution < -0.4 is 10.2 Å². The molecule has 1 aliphatic rings. The molecule has 0 N–H and O–H groups in total. The van der Waals surface area contributed by atoms with Crippen LogP contribution in [0.5, 0.6) is 11.5 Å². The molecule has 0 aromatic heterocycles. The monoisotopic (exact) mass is 210 g/mol. The molecule has 2 aromatic carbocycles. The summed E-state index contributed by atoms with van der Waals surface area (Å²) in [6.07, 6.45) is 0.